The molecule has 0 bridgehead atoms. The Bertz CT molecular complexity index is 323. The topological polar surface area (TPSA) is 12.0 Å². The third-order valence-corrected chi connectivity index (χ3v) is 3.05. The third kappa shape index (κ3) is 2.18. The molecule has 76 valence electrons. The smallest absolute Gasteiger partial charge is 0.124 e. The minimum absolute atomic E-state index is 0.288. The molecule has 0 radical (unpaired) electrons. The lowest BCUT2D eigenvalue weighted by Crippen LogP contribution is -2.20. The van der Waals surface area contributed by atoms with Crippen molar-refractivity contribution in [3.63, 3.8) is 0 Å². The van der Waals surface area contributed by atoms with Crippen molar-refractivity contribution in [2.45, 2.75) is 19.3 Å². The second kappa shape index (κ2) is 4.18. The largest absolute Gasteiger partial charge is 0.384 e. The van der Waals surface area contributed by atoms with Gasteiger partial charge in [-0.1, -0.05) is 18.0 Å². The zero-order valence-electron chi connectivity index (χ0n) is 7.89. The van der Waals surface area contributed by atoms with Crippen molar-refractivity contribution in [2.75, 3.05) is 11.9 Å². The maximum Gasteiger partial charge on any atom is 0.124 e. The zero-order chi connectivity index (χ0) is 9.97. The van der Waals surface area contributed by atoms with Gasteiger partial charge in [-0.15, -0.1) is 0 Å². The molecule has 1 aromatic carbocycles. The molecule has 1 fully saturated rings. The van der Waals surface area contributed by atoms with E-state index >= 15 is 0 Å². The number of hydrogen-bond donors (Lipinski definition) is 1. The van der Waals surface area contributed by atoms with Crippen molar-refractivity contribution < 1.29 is 4.39 Å². The molecular formula is C11H13ClFN. The summed E-state index contributed by atoms with van der Waals surface area (Å²) in [5.74, 6) is 0.486. The minimum atomic E-state index is -0.288. The van der Waals surface area contributed by atoms with Crippen molar-refractivity contribution in [3.05, 3.63) is 29.0 Å². The molecule has 0 atom stereocenters. The second-order valence-electron chi connectivity index (χ2n) is 3.80. The SMILES string of the molecule is Fc1ccc(NCC2CCC2)c(Cl)c1. The second-order valence-corrected chi connectivity index (χ2v) is 4.21. The standard InChI is InChI=1S/C11H13ClFN/c12-10-6-9(13)4-5-11(10)14-7-8-2-1-3-8/h4-6,8,14H,1-3,7H2. The van der Waals surface area contributed by atoms with E-state index in [-0.39, 0.29) is 5.82 Å². The van der Waals surface area contributed by atoms with Gasteiger partial charge in [0.2, 0.25) is 0 Å². The van der Waals surface area contributed by atoms with Crippen LogP contribution >= 0.6 is 11.6 Å². The summed E-state index contributed by atoms with van der Waals surface area (Å²) in [6, 6.07) is 4.45. The van der Waals surface area contributed by atoms with E-state index in [4.69, 9.17) is 11.6 Å². The molecule has 1 saturated carbocycles. The molecule has 14 heavy (non-hydrogen) atoms. The summed E-state index contributed by atoms with van der Waals surface area (Å²) >= 11 is 5.87. The van der Waals surface area contributed by atoms with Crippen LogP contribution in [0.1, 0.15) is 19.3 Å². The maximum atomic E-state index is 12.7. The van der Waals surface area contributed by atoms with Crippen LogP contribution in [0.2, 0.25) is 5.02 Å². The van der Waals surface area contributed by atoms with Crippen LogP contribution in [0.25, 0.3) is 0 Å². The molecule has 0 spiro atoms. The highest BCUT2D eigenvalue weighted by molar-refractivity contribution is 6.33. The van der Waals surface area contributed by atoms with Gasteiger partial charge in [-0.05, 0) is 37.0 Å². The summed E-state index contributed by atoms with van der Waals surface area (Å²) in [6.45, 7) is 0.950. The van der Waals surface area contributed by atoms with Crippen molar-refractivity contribution in [3.8, 4) is 0 Å². The molecule has 1 aliphatic carbocycles. The Balaban J connectivity index is 1.94. The zero-order valence-corrected chi connectivity index (χ0v) is 8.65. The molecule has 1 aromatic rings. The fourth-order valence-corrected chi connectivity index (χ4v) is 1.82. The van der Waals surface area contributed by atoms with E-state index in [1.54, 1.807) is 6.07 Å². The molecule has 1 aliphatic rings. The molecule has 0 amide bonds. The van der Waals surface area contributed by atoms with Gasteiger partial charge in [-0.2, -0.15) is 0 Å². The van der Waals surface area contributed by atoms with Gasteiger partial charge in [-0.25, -0.2) is 4.39 Å². The van der Waals surface area contributed by atoms with Gasteiger partial charge in [-0.3, -0.25) is 0 Å². The summed E-state index contributed by atoms with van der Waals surface area (Å²) in [4.78, 5) is 0. The molecule has 0 aliphatic heterocycles. The van der Waals surface area contributed by atoms with Gasteiger partial charge in [0.15, 0.2) is 0 Å². The van der Waals surface area contributed by atoms with Gasteiger partial charge in [0.1, 0.15) is 5.82 Å². The predicted octanol–water partition coefficient (Wildman–Crippen LogP) is 3.69. The van der Waals surface area contributed by atoms with E-state index in [1.165, 1.54) is 31.4 Å². The molecular weight excluding hydrogens is 201 g/mol. The molecule has 2 rings (SSSR count). The lowest BCUT2D eigenvalue weighted by Gasteiger charge is -2.26. The number of rotatable bonds is 3. The average Bonchev–Trinajstić information content (AvgIpc) is 2.05. The predicted molar refractivity (Wildman–Crippen MR) is 57.2 cm³/mol. The van der Waals surface area contributed by atoms with Crippen LogP contribution in [0.4, 0.5) is 10.1 Å². The van der Waals surface area contributed by atoms with Gasteiger partial charge >= 0.3 is 0 Å². The first kappa shape index (κ1) is 9.78. The summed E-state index contributed by atoms with van der Waals surface area (Å²) in [5.41, 5.74) is 0.833. The van der Waals surface area contributed by atoms with E-state index in [1.807, 2.05) is 0 Å². The van der Waals surface area contributed by atoms with Crippen LogP contribution in [0.3, 0.4) is 0 Å². The van der Waals surface area contributed by atoms with E-state index in [0.29, 0.717) is 5.02 Å². The Kier molecular flexibility index (Phi) is 2.92. The quantitative estimate of drug-likeness (QED) is 0.808. The van der Waals surface area contributed by atoms with E-state index in [2.05, 4.69) is 5.32 Å². The molecule has 1 N–H and O–H groups in total. The van der Waals surface area contributed by atoms with Gasteiger partial charge in [0.05, 0.1) is 10.7 Å². The number of benzene rings is 1. The number of nitrogens with one attached hydrogen (secondary N) is 1. The maximum absolute atomic E-state index is 12.7. The van der Waals surface area contributed by atoms with Gasteiger partial charge in [0.25, 0.3) is 0 Å². The number of halogens is 2. The fourth-order valence-electron chi connectivity index (χ4n) is 1.58. The van der Waals surface area contributed by atoms with Crippen LogP contribution in [0, 0.1) is 11.7 Å². The summed E-state index contributed by atoms with van der Waals surface area (Å²) in [7, 11) is 0. The Morgan fingerprint density at radius 2 is 2.21 bits per heavy atom. The lowest BCUT2D eigenvalue weighted by atomic mass is 9.85. The Labute approximate surface area is 88.3 Å². The molecule has 0 saturated heterocycles. The Morgan fingerprint density at radius 3 is 2.79 bits per heavy atom. The monoisotopic (exact) mass is 213 g/mol. The molecule has 0 aromatic heterocycles. The Morgan fingerprint density at radius 1 is 1.43 bits per heavy atom. The summed E-state index contributed by atoms with van der Waals surface area (Å²) in [5, 5.41) is 3.71. The van der Waals surface area contributed by atoms with Crippen molar-refractivity contribution in [1.82, 2.24) is 0 Å². The third-order valence-electron chi connectivity index (χ3n) is 2.74. The molecule has 0 unspecified atom stereocenters. The lowest BCUT2D eigenvalue weighted by molar-refractivity contribution is 0.333. The first-order valence-corrected chi connectivity index (χ1v) is 5.32. The van der Waals surface area contributed by atoms with E-state index in [9.17, 15) is 4.39 Å². The van der Waals surface area contributed by atoms with Crippen LogP contribution < -0.4 is 5.32 Å². The normalized spacial score (nSPS) is 16.4. The molecule has 0 heterocycles. The number of hydrogen-bond acceptors (Lipinski definition) is 1. The highest BCUT2D eigenvalue weighted by atomic mass is 35.5. The van der Waals surface area contributed by atoms with Crippen molar-refractivity contribution >= 4 is 17.3 Å². The van der Waals surface area contributed by atoms with Gasteiger partial charge < -0.3 is 5.32 Å². The highest BCUT2D eigenvalue weighted by Crippen LogP contribution is 2.28. The van der Waals surface area contributed by atoms with E-state index in [0.717, 1.165) is 18.2 Å². The van der Waals surface area contributed by atoms with Crippen LogP contribution in [0.5, 0.6) is 0 Å². The van der Waals surface area contributed by atoms with Crippen LogP contribution in [-0.4, -0.2) is 6.54 Å². The molecule has 1 nitrogen and oxygen atoms in total. The number of anilines is 1. The first-order chi connectivity index (χ1) is 6.75. The summed E-state index contributed by atoms with van der Waals surface area (Å²) < 4.78 is 12.7. The average molecular weight is 214 g/mol. The van der Waals surface area contributed by atoms with E-state index < -0.39 is 0 Å². The first-order valence-electron chi connectivity index (χ1n) is 4.94. The van der Waals surface area contributed by atoms with Crippen LogP contribution in [0.15, 0.2) is 18.2 Å². The molecule has 3 heteroatoms. The highest BCUT2D eigenvalue weighted by Gasteiger charge is 2.16. The van der Waals surface area contributed by atoms with Crippen molar-refractivity contribution in [1.29, 1.82) is 0 Å². The fraction of sp³-hybridized carbons (Fsp3) is 0.455. The minimum Gasteiger partial charge on any atom is -0.384 e. The summed E-state index contributed by atoms with van der Waals surface area (Å²) in [6.07, 6.45) is 3.93. The van der Waals surface area contributed by atoms with Crippen molar-refractivity contribution in [2.24, 2.45) is 5.92 Å². The van der Waals surface area contributed by atoms with Gasteiger partial charge in [0, 0.05) is 6.54 Å². The van der Waals surface area contributed by atoms with Crippen LogP contribution in [-0.2, 0) is 0 Å². The Hall–Kier alpha value is -0.760.